The van der Waals surface area contributed by atoms with Gasteiger partial charge in [0.2, 0.25) is 5.91 Å². The van der Waals surface area contributed by atoms with Gasteiger partial charge in [-0.1, -0.05) is 29.8 Å². The molecule has 2 aromatic carbocycles. The van der Waals surface area contributed by atoms with E-state index in [2.05, 4.69) is 10.6 Å². The zero-order chi connectivity index (χ0) is 17.5. The number of ether oxygens (including phenoxy) is 1. The van der Waals surface area contributed by atoms with Crippen LogP contribution in [-0.2, 0) is 16.1 Å². The third-order valence-electron chi connectivity index (χ3n) is 3.42. The lowest BCUT2D eigenvalue weighted by Crippen LogP contribution is -2.41. The standard InChI is InChI=1S/C18H19ClN2O3/c1-12(20-18(23)13-7-9-15(19)10-8-13)17(22)21-16-6-4-3-5-14(16)11-24-2/h3-10,12H,11H2,1-2H3,(H,20,23)(H,21,22)/t12-/m1/s1. The number of nitrogens with one attached hydrogen (secondary N) is 2. The third kappa shape index (κ3) is 4.81. The van der Waals surface area contributed by atoms with Crippen molar-refractivity contribution in [2.75, 3.05) is 12.4 Å². The van der Waals surface area contributed by atoms with Crippen LogP contribution in [0.4, 0.5) is 5.69 Å². The van der Waals surface area contributed by atoms with E-state index in [-0.39, 0.29) is 11.8 Å². The van der Waals surface area contributed by atoms with Gasteiger partial charge in [0, 0.05) is 28.9 Å². The van der Waals surface area contributed by atoms with Crippen molar-refractivity contribution < 1.29 is 14.3 Å². The quantitative estimate of drug-likeness (QED) is 0.843. The molecule has 2 rings (SSSR count). The van der Waals surface area contributed by atoms with Crippen LogP contribution in [0.2, 0.25) is 5.02 Å². The number of hydrogen-bond donors (Lipinski definition) is 2. The van der Waals surface area contributed by atoms with Crippen molar-refractivity contribution in [3.63, 3.8) is 0 Å². The molecule has 1 atom stereocenters. The zero-order valence-electron chi connectivity index (χ0n) is 13.5. The van der Waals surface area contributed by atoms with E-state index in [1.54, 1.807) is 44.4 Å². The van der Waals surface area contributed by atoms with E-state index in [0.717, 1.165) is 5.56 Å². The lowest BCUT2D eigenvalue weighted by atomic mass is 10.1. The Morgan fingerprint density at radius 1 is 1.12 bits per heavy atom. The molecule has 126 valence electrons. The van der Waals surface area contributed by atoms with Crippen molar-refractivity contribution in [2.24, 2.45) is 0 Å². The first kappa shape index (κ1) is 18.0. The van der Waals surface area contributed by atoms with Crippen molar-refractivity contribution in [3.8, 4) is 0 Å². The molecule has 2 aromatic rings. The average molecular weight is 347 g/mol. The Morgan fingerprint density at radius 2 is 1.79 bits per heavy atom. The molecule has 0 aromatic heterocycles. The van der Waals surface area contributed by atoms with Crippen LogP contribution < -0.4 is 10.6 Å². The van der Waals surface area contributed by atoms with Crippen LogP contribution in [0.1, 0.15) is 22.8 Å². The number of amides is 2. The molecule has 2 amide bonds. The van der Waals surface area contributed by atoms with Gasteiger partial charge in [-0.15, -0.1) is 0 Å². The molecule has 0 radical (unpaired) electrons. The lowest BCUT2D eigenvalue weighted by molar-refractivity contribution is -0.117. The van der Waals surface area contributed by atoms with Gasteiger partial charge in [0.25, 0.3) is 5.91 Å². The van der Waals surface area contributed by atoms with E-state index in [1.807, 2.05) is 18.2 Å². The Hall–Kier alpha value is -2.37. The van der Waals surface area contributed by atoms with E-state index < -0.39 is 6.04 Å². The molecule has 0 aliphatic carbocycles. The van der Waals surface area contributed by atoms with Gasteiger partial charge >= 0.3 is 0 Å². The highest BCUT2D eigenvalue weighted by atomic mass is 35.5. The lowest BCUT2D eigenvalue weighted by Gasteiger charge is -2.16. The minimum absolute atomic E-state index is 0.305. The number of carbonyl (C=O) groups is 2. The summed E-state index contributed by atoms with van der Waals surface area (Å²) in [6.07, 6.45) is 0. The van der Waals surface area contributed by atoms with Gasteiger partial charge in [-0.3, -0.25) is 9.59 Å². The first-order valence-electron chi connectivity index (χ1n) is 7.45. The number of benzene rings is 2. The molecule has 0 bridgehead atoms. The molecule has 0 aliphatic heterocycles. The Balaban J connectivity index is 1.99. The molecule has 0 saturated heterocycles. The van der Waals surface area contributed by atoms with Crippen LogP contribution in [0.5, 0.6) is 0 Å². The molecule has 5 nitrogen and oxygen atoms in total. The van der Waals surface area contributed by atoms with E-state index in [0.29, 0.717) is 22.9 Å². The van der Waals surface area contributed by atoms with Crippen molar-refractivity contribution >= 4 is 29.1 Å². The van der Waals surface area contributed by atoms with E-state index in [9.17, 15) is 9.59 Å². The molecule has 0 spiro atoms. The largest absolute Gasteiger partial charge is 0.380 e. The second-order valence-electron chi connectivity index (χ2n) is 5.28. The van der Waals surface area contributed by atoms with Crippen LogP contribution in [0, 0.1) is 0 Å². The van der Waals surface area contributed by atoms with Crippen LogP contribution in [0.25, 0.3) is 0 Å². The summed E-state index contributed by atoms with van der Waals surface area (Å²) in [6.45, 7) is 2.02. The van der Waals surface area contributed by atoms with Gasteiger partial charge < -0.3 is 15.4 Å². The van der Waals surface area contributed by atoms with Crippen molar-refractivity contribution in [1.82, 2.24) is 5.32 Å². The van der Waals surface area contributed by atoms with Gasteiger partial charge in [0.1, 0.15) is 6.04 Å². The topological polar surface area (TPSA) is 67.4 Å². The Bertz CT molecular complexity index is 716. The fourth-order valence-corrected chi connectivity index (χ4v) is 2.24. The number of halogens is 1. The molecule has 2 N–H and O–H groups in total. The van der Waals surface area contributed by atoms with Gasteiger partial charge in [0.05, 0.1) is 6.61 Å². The number of hydrogen-bond acceptors (Lipinski definition) is 3. The summed E-state index contributed by atoms with van der Waals surface area (Å²) in [6, 6.07) is 13.1. The second-order valence-corrected chi connectivity index (χ2v) is 5.72. The van der Waals surface area contributed by atoms with Crippen LogP contribution in [0.3, 0.4) is 0 Å². The smallest absolute Gasteiger partial charge is 0.251 e. The number of para-hydroxylation sites is 1. The first-order chi connectivity index (χ1) is 11.5. The van der Waals surface area contributed by atoms with E-state index >= 15 is 0 Å². The zero-order valence-corrected chi connectivity index (χ0v) is 14.3. The molecule has 24 heavy (non-hydrogen) atoms. The number of carbonyl (C=O) groups excluding carboxylic acids is 2. The average Bonchev–Trinajstić information content (AvgIpc) is 2.57. The molecule has 6 heteroatoms. The summed E-state index contributed by atoms with van der Waals surface area (Å²) in [5, 5.41) is 6.02. The predicted molar refractivity (Wildman–Crippen MR) is 94.2 cm³/mol. The van der Waals surface area contributed by atoms with Crippen molar-refractivity contribution in [1.29, 1.82) is 0 Å². The molecular weight excluding hydrogens is 328 g/mol. The molecule has 0 saturated carbocycles. The van der Waals surface area contributed by atoms with Gasteiger partial charge in [0.15, 0.2) is 0 Å². The maximum atomic E-state index is 12.3. The fourth-order valence-electron chi connectivity index (χ4n) is 2.11. The number of rotatable bonds is 6. The Morgan fingerprint density at radius 3 is 2.46 bits per heavy atom. The Kier molecular flexibility index (Phi) is 6.35. The van der Waals surface area contributed by atoms with Crippen molar-refractivity contribution in [2.45, 2.75) is 19.6 Å². The maximum Gasteiger partial charge on any atom is 0.251 e. The molecule has 0 aliphatic rings. The number of methoxy groups -OCH3 is 1. The Labute approximate surface area is 146 Å². The number of anilines is 1. The van der Waals surface area contributed by atoms with Gasteiger partial charge in [-0.25, -0.2) is 0 Å². The highest BCUT2D eigenvalue weighted by molar-refractivity contribution is 6.30. The van der Waals surface area contributed by atoms with Crippen molar-refractivity contribution in [3.05, 3.63) is 64.7 Å². The summed E-state index contributed by atoms with van der Waals surface area (Å²) in [7, 11) is 1.59. The summed E-state index contributed by atoms with van der Waals surface area (Å²) < 4.78 is 5.11. The molecular formula is C18H19ClN2O3. The van der Waals surface area contributed by atoms with Crippen LogP contribution >= 0.6 is 11.6 Å². The second kappa shape index (κ2) is 8.47. The predicted octanol–water partition coefficient (Wildman–Crippen LogP) is 3.24. The minimum atomic E-state index is -0.691. The monoisotopic (exact) mass is 346 g/mol. The van der Waals surface area contributed by atoms with E-state index in [4.69, 9.17) is 16.3 Å². The first-order valence-corrected chi connectivity index (χ1v) is 7.83. The van der Waals surface area contributed by atoms with Crippen LogP contribution in [0.15, 0.2) is 48.5 Å². The van der Waals surface area contributed by atoms with Gasteiger partial charge in [-0.2, -0.15) is 0 Å². The summed E-state index contributed by atoms with van der Waals surface area (Å²) >= 11 is 5.80. The van der Waals surface area contributed by atoms with Crippen LogP contribution in [-0.4, -0.2) is 25.0 Å². The van der Waals surface area contributed by atoms with E-state index in [1.165, 1.54) is 0 Å². The molecule has 0 fully saturated rings. The highest BCUT2D eigenvalue weighted by Gasteiger charge is 2.17. The minimum Gasteiger partial charge on any atom is -0.380 e. The molecule has 0 heterocycles. The highest BCUT2D eigenvalue weighted by Crippen LogP contribution is 2.16. The third-order valence-corrected chi connectivity index (χ3v) is 3.67. The summed E-state index contributed by atoms with van der Waals surface area (Å²) in [5.74, 6) is -0.639. The SMILES string of the molecule is COCc1ccccc1NC(=O)[C@@H](C)NC(=O)c1ccc(Cl)cc1. The normalized spacial score (nSPS) is 11.6. The fraction of sp³-hybridized carbons (Fsp3) is 0.222. The maximum absolute atomic E-state index is 12.3. The summed E-state index contributed by atoms with van der Waals surface area (Å²) in [4.78, 5) is 24.4. The van der Waals surface area contributed by atoms with Gasteiger partial charge in [-0.05, 0) is 37.3 Å². The molecule has 0 unspecified atom stereocenters. The summed E-state index contributed by atoms with van der Waals surface area (Å²) in [5.41, 5.74) is 1.97.